The number of aliphatic hydroxyl groups excluding tert-OH is 1. The van der Waals surface area contributed by atoms with Crippen LogP contribution < -0.4 is 9.47 Å². The van der Waals surface area contributed by atoms with Crippen molar-refractivity contribution < 1.29 is 42.0 Å². The van der Waals surface area contributed by atoms with Crippen molar-refractivity contribution in [1.82, 2.24) is 9.80 Å². The smallest absolute Gasteiger partial charge is 0.416 e. The SMILES string of the molecule is O=C(C1=C[C@H](c2ccc(C(F)(F)F)cc2)C[C@H](OCc2ccc(CO)cc2)O1)N1CCN(Cc2ccc3c(c2)OCO3)CC1. The minimum atomic E-state index is -4.44. The van der Waals surface area contributed by atoms with E-state index in [1.54, 1.807) is 23.1 Å². The Bertz CT molecular complexity index is 1480. The molecule has 0 aromatic heterocycles. The fourth-order valence-electron chi connectivity index (χ4n) is 5.55. The maximum Gasteiger partial charge on any atom is 0.416 e. The van der Waals surface area contributed by atoms with Gasteiger partial charge in [-0.1, -0.05) is 42.5 Å². The van der Waals surface area contributed by atoms with E-state index in [2.05, 4.69) is 4.90 Å². The summed E-state index contributed by atoms with van der Waals surface area (Å²) in [5, 5.41) is 9.29. The van der Waals surface area contributed by atoms with Crippen molar-refractivity contribution in [3.63, 3.8) is 0 Å². The molecule has 0 bridgehead atoms. The van der Waals surface area contributed by atoms with Crippen LogP contribution in [0.1, 0.15) is 40.2 Å². The number of hydrogen-bond donors (Lipinski definition) is 1. The number of amides is 1. The Hall–Kier alpha value is -4.06. The summed E-state index contributed by atoms with van der Waals surface area (Å²) in [6, 6.07) is 18.2. The molecule has 232 valence electrons. The largest absolute Gasteiger partial charge is 0.459 e. The maximum absolute atomic E-state index is 13.7. The number of alkyl halides is 3. The molecule has 0 saturated carbocycles. The van der Waals surface area contributed by atoms with Gasteiger partial charge in [0.2, 0.25) is 13.1 Å². The van der Waals surface area contributed by atoms with Crippen molar-refractivity contribution in [3.05, 3.63) is 106 Å². The summed E-state index contributed by atoms with van der Waals surface area (Å²) in [4.78, 5) is 17.7. The lowest BCUT2D eigenvalue weighted by Gasteiger charge is -2.36. The molecule has 8 nitrogen and oxygen atoms in total. The molecule has 0 spiro atoms. The van der Waals surface area contributed by atoms with Crippen LogP contribution in [0.15, 0.2) is 78.6 Å². The molecule has 0 aliphatic carbocycles. The van der Waals surface area contributed by atoms with Crippen molar-refractivity contribution in [2.75, 3.05) is 33.0 Å². The fraction of sp³-hybridized carbons (Fsp3) is 0.364. The van der Waals surface area contributed by atoms with Crippen LogP contribution in [0.5, 0.6) is 11.5 Å². The topological polar surface area (TPSA) is 80.7 Å². The van der Waals surface area contributed by atoms with Crippen molar-refractivity contribution >= 4 is 5.91 Å². The number of aliphatic hydroxyl groups is 1. The lowest BCUT2D eigenvalue weighted by atomic mass is 9.92. The molecule has 0 radical (unpaired) electrons. The van der Waals surface area contributed by atoms with Crippen LogP contribution in [0.2, 0.25) is 0 Å². The summed E-state index contributed by atoms with van der Waals surface area (Å²) in [5.74, 6) is 0.955. The molecule has 1 saturated heterocycles. The highest BCUT2D eigenvalue weighted by Crippen LogP contribution is 2.36. The Morgan fingerprint density at radius 3 is 2.27 bits per heavy atom. The summed E-state index contributed by atoms with van der Waals surface area (Å²) in [7, 11) is 0. The van der Waals surface area contributed by atoms with Gasteiger partial charge < -0.3 is 29.0 Å². The Balaban J connectivity index is 1.13. The number of halogens is 3. The first-order valence-electron chi connectivity index (χ1n) is 14.5. The van der Waals surface area contributed by atoms with Crippen molar-refractivity contribution in [1.29, 1.82) is 0 Å². The highest BCUT2D eigenvalue weighted by Gasteiger charge is 2.34. The molecule has 11 heteroatoms. The predicted octanol–water partition coefficient (Wildman–Crippen LogP) is 5.20. The minimum Gasteiger partial charge on any atom is -0.459 e. The molecule has 6 rings (SSSR count). The van der Waals surface area contributed by atoms with Gasteiger partial charge in [-0.3, -0.25) is 9.69 Å². The summed E-state index contributed by atoms with van der Waals surface area (Å²) < 4.78 is 62.5. The third-order valence-corrected chi connectivity index (χ3v) is 8.08. The molecule has 44 heavy (non-hydrogen) atoms. The molecule has 3 aromatic rings. The average Bonchev–Trinajstić information content (AvgIpc) is 3.52. The summed E-state index contributed by atoms with van der Waals surface area (Å²) in [6.07, 6.45) is -3.19. The third-order valence-electron chi connectivity index (χ3n) is 8.08. The first-order valence-corrected chi connectivity index (χ1v) is 14.5. The molecule has 0 unspecified atom stereocenters. The van der Waals surface area contributed by atoms with Crippen LogP contribution in [0, 0.1) is 0 Å². The third kappa shape index (κ3) is 7.01. The Morgan fingerprint density at radius 2 is 1.57 bits per heavy atom. The van der Waals surface area contributed by atoms with Gasteiger partial charge in [0, 0.05) is 45.1 Å². The van der Waals surface area contributed by atoms with Gasteiger partial charge in [-0.2, -0.15) is 13.2 Å². The molecule has 3 aliphatic heterocycles. The average molecular weight is 611 g/mol. The lowest BCUT2D eigenvalue weighted by molar-refractivity contribution is -0.157. The number of hydrogen-bond acceptors (Lipinski definition) is 7. The van der Waals surface area contributed by atoms with Gasteiger partial charge >= 0.3 is 6.18 Å². The number of nitrogens with zero attached hydrogens (tertiary/aromatic N) is 2. The van der Waals surface area contributed by atoms with E-state index >= 15 is 0 Å². The second kappa shape index (κ2) is 12.9. The zero-order valence-corrected chi connectivity index (χ0v) is 24.0. The molecule has 1 fully saturated rings. The molecule has 3 aromatic carbocycles. The van der Waals surface area contributed by atoms with Crippen LogP contribution in [0.25, 0.3) is 0 Å². The van der Waals surface area contributed by atoms with Crippen LogP contribution in [-0.4, -0.2) is 60.1 Å². The highest BCUT2D eigenvalue weighted by atomic mass is 19.4. The number of rotatable bonds is 8. The molecular formula is C33H33F3N2O6. The van der Waals surface area contributed by atoms with Crippen molar-refractivity contribution in [3.8, 4) is 11.5 Å². The van der Waals surface area contributed by atoms with Gasteiger partial charge in [-0.15, -0.1) is 0 Å². The number of fused-ring (bicyclic) bond motifs is 1. The molecule has 1 N–H and O–H groups in total. The van der Waals surface area contributed by atoms with E-state index in [1.807, 2.05) is 30.3 Å². The summed E-state index contributed by atoms with van der Waals surface area (Å²) in [5.41, 5.74) is 2.64. The van der Waals surface area contributed by atoms with E-state index in [9.17, 15) is 23.1 Å². The molecule has 1 amide bonds. The van der Waals surface area contributed by atoms with Gasteiger partial charge in [0.05, 0.1) is 18.8 Å². The Morgan fingerprint density at radius 1 is 0.886 bits per heavy atom. The van der Waals surface area contributed by atoms with Gasteiger partial charge in [-0.25, -0.2) is 0 Å². The number of carbonyl (C=O) groups is 1. The first-order chi connectivity index (χ1) is 21.2. The number of allylic oxidation sites excluding steroid dienone is 1. The zero-order valence-electron chi connectivity index (χ0n) is 24.0. The van der Waals surface area contributed by atoms with E-state index in [1.165, 1.54) is 12.1 Å². The van der Waals surface area contributed by atoms with Gasteiger partial charge in [0.15, 0.2) is 17.3 Å². The summed E-state index contributed by atoms with van der Waals surface area (Å²) >= 11 is 0. The number of benzene rings is 3. The molecule has 3 aliphatic rings. The number of ether oxygens (including phenoxy) is 4. The van der Waals surface area contributed by atoms with E-state index < -0.39 is 18.0 Å². The van der Waals surface area contributed by atoms with Crippen molar-refractivity contribution in [2.24, 2.45) is 0 Å². The van der Waals surface area contributed by atoms with Crippen LogP contribution in [0.4, 0.5) is 13.2 Å². The monoisotopic (exact) mass is 610 g/mol. The zero-order chi connectivity index (χ0) is 30.7. The van der Waals surface area contributed by atoms with Gasteiger partial charge in [0.1, 0.15) is 0 Å². The fourth-order valence-corrected chi connectivity index (χ4v) is 5.55. The van der Waals surface area contributed by atoms with E-state index in [4.69, 9.17) is 18.9 Å². The predicted molar refractivity (Wildman–Crippen MR) is 153 cm³/mol. The van der Waals surface area contributed by atoms with E-state index in [-0.39, 0.29) is 37.6 Å². The second-order valence-electron chi connectivity index (χ2n) is 11.1. The van der Waals surface area contributed by atoms with E-state index in [0.717, 1.165) is 40.3 Å². The van der Waals surface area contributed by atoms with Crippen LogP contribution in [0.3, 0.4) is 0 Å². The Kier molecular flexibility index (Phi) is 8.79. The standard InChI is InChI=1S/C33H33F3N2O6/c34-33(35,36)27-8-6-25(7-9-27)26-16-30(44-31(17-26)41-20-23-3-1-22(19-39)2-4-23)32(40)38-13-11-37(12-14-38)18-24-5-10-28-29(15-24)43-21-42-28/h1-10,15-16,26,31,39H,11-14,17-21H2/t26-,31+/m0/s1. The van der Waals surface area contributed by atoms with Crippen LogP contribution in [-0.2, 0) is 40.2 Å². The number of carbonyl (C=O) groups excluding carboxylic acids is 1. The minimum absolute atomic E-state index is 0.0649. The lowest BCUT2D eigenvalue weighted by Crippen LogP contribution is -2.49. The van der Waals surface area contributed by atoms with Gasteiger partial charge in [0.25, 0.3) is 5.91 Å². The molecular weight excluding hydrogens is 577 g/mol. The second-order valence-corrected chi connectivity index (χ2v) is 11.1. The maximum atomic E-state index is 13.7. The first kappa shape index (κ1) is 30.0. The van der Waals surface area contributed by atoms with Crippen LogP contribution >= 0.6 is 0 Å². The molecule has 2 atom stereocenters. The van der Waals surface area contributed by atoms with Crippen molar-refractivity contribution in [2.45, 2.75) is 44.6 Å². The highest BCUT2D eigenvalue weighted by molar-refractivity contribution is 5.92. The number of piperazine rings is 1. The molecule has 3 heterocycles. The Labute approximate surface area is 253 Å². The van der Waals surface area contributed by atoms with E-state index in [0.29, 0.717) is 44.7 Å². The van der Waals surface area contributed by atoms with Gasteiger partial charge in [-0.05, 0) is 52.6 Å². The normalized spacial score (nSPS) is 20.3. The summed E-state index contributed by atoms with van der Waals surface area (Å²) in [6.45, 7) is 3.40. The quantitative estimate of drug-likeness (QED) is 0.376.